The quantitative estimate of drug-likeness (QED) is 0.621. The summed E-state index contributed by atoms with van der Waals surface area (Å²) in [5, 5.41) is 3.54. The Kier molecular flexibility index (Phi) is 2.69. The molecule has 0 aromatic rings. The molecule has 1 atom stereocenters. The van der Waals surface area contributed by atoms with Crippen LogP contribution in [0.25, 0.3) is 0 Å². The van der Waals surface area contributed by atoms with E-state index in [0.29, 0.717) is 6.04 Å². The van der Waals surface area contributed by atoms with Crippen LogP contribution in [-0.4, -0.2) is 37.6 Å². The van der Waals surface area contributed by atoms with E-state index in [2.05, 4.69) is 31.2 Å². The molecule has 1 rings (SSSR count). The first kappa shape index (κ1) is 8.02. The van der Waals surface area contributed by atoms with Crippen molar-refractivity contribution >= 4 is 0 Å². The Labute approximate surface area is 63.6 Å². The van der Waals surface area contributed by atoms with E-state index >= 15 is 0 Å². The molecule has 0 aliphatic heterocycles. The predicted molar refractivity (Wildman–Crippen MR) is 44.2 cm³/mol. The lowest BCUT2D eigenvalue weighted by atomic mass is 10.3. The Bertz CT molecular complexity index is 93.4. The van der Waals surface area contributed by atoms with Crippen molar-refractivity contribution < 1.29 is 0 Å². The van der Waals surface area contributed by atoms with Crippen LogP contribution in [0.5, 0.6) is 0 Å². The fourth-order valence-corrected chi connectivity index (χ4v) is 1.25. The maximum absolute atomic E-state index is 3.54. The topological polar surface area (TPSA) is 15.3 Å². The Balaban J connectivity index is 2.02. The minimum atomic E-state index is 0.655. The molecule has 0 aromatic heterocycles. The molecule has 1 unspecified atom stereocenters. The highest BCUT2D eigenvalue weighted by molar-refractivity contribution is 4.83. The number of nitrogens with zero attached hydrogens (tertiary/aromatic N) is 1. The third-order valence-corrected chi connectivity index (χ3v) is 1.74. The molecule has 0 amide bonds. The molecule has 0 spiro atoms. The summed E-state index contributed by atoms with van der Waals surface area (Å²) < 4.78 is 0. The van der Waals surface area contributed by atoms with E-state index in [9.17, 15) is 0 Å². The van der Waals surface area contributed by atoms with Gasteiger partial charge in [0, 0.05) is 18.6 Å². The molecule has 0 saturated heterocycles. The molecule has 1 N–H and O–H groups in total. The lowest BCUT2D eigenvalue weighted by molar-refractivity contribution is 0.348. The molecule has 0 radical (unpaired) electrons. The first-order chi connectivity index (χ1) is 4.68. The standard InChI is InChI=1S/C8H18N2/c1-7(6-10(2)3)9-8-4-5-8/h7-9H,4-6H2,1-3H3. The van der Waals surface area contributed by atoms with E-state index in [4.69, 9.17) is 0 Å². The van der Waals surface area contributed by atoms with E-state index in [-0.39, 0.29) is 0 Å². The second-order valence-corrected chi connectivity index (χ2v) is 3.60. The molecule has 2 heteroatoms. The highest BCUT2D eigenvalue weighted by Gasteiger charge is 2.22. The lowest BCUT2D eigenvalue weighted by Gasteiger charge is -2.17. The fourth-order valence-electron chi connectivity index (χ4n) is 1.25. The van der Waals surface area contributed by atoms with Crippen molar-refractivity contribution in [1.29, 1.82) is 0 Å². The molecule has 60 valence electrons. The fraction of sp³-hybridized carbons (Fsp3) is 1.00. The average Bonchev–Trinajstić information content (AvgIpc) is 2.46. The van der Waals surface area contributed by atoms with Crippen molar-refractivity contribution in [3.63, 3.8) is 0 Å². The molecule has 0 bridgehead atoms. The first-order valence-corrected chi connectivity index (χ1v) is 4.09. The van der Waals surface area contributed by atoms with Gasteiger partial charge in [-0.05, 0) is 33.9 Å². The highest BCUT2D eigenvalue weighted by atomic mass is 15.1. The maximum atomic E-state index is 3.54. The van der Waals surface area contributed by atoms with Gasteiger partial charge in [-0.2, -0.15) is 0 Å². The largest absolute Gasteiger partial charge is 0.310 e. The normalized spacial score (nSPS) is 21.6. The van der Waals surface area contributed by atoms with Gasteiger partial charge in [0.2, 0.25) is 0 Å². The third-order valence-electron chi connectivity index (χ3n) is 1.74. The van der Waals surface area contributed by atoms with E-state index < -0.39 is 0 Å². The van der Waals surface area contributed by atoms with Gasteiger partial charge in [-0.25, -0.2) is 0 Å². The van der Waals surface area contributed by atoms with Gasteiger partial charge in [-0.1, -0.05) is 0 Å². The number of hydrogen-bond donors (Lipinski definition) is 1. The SMILES string of the molecule is CC(CN(C)C)NC1CC1. The zero-order valence-corrected chi connectivity index (χ0v) is 7.22. The van der Waals surface area contributed by atoms with Crippen molar-refractivity contribution in [2.75, 3.05) is 20.6 Å². The van der Waals surface area contributed by atoms with E-state index in [0.717, 1.165) is 12.6 Å². The van der Waals surface area contributed by atoms with Crippen LogP contribution in [0.15, 0.2) is 0 Å². The molecule has 0 aromatic carbocycles. The minimum Gasteiger partial charge on any atom is -0.310 e. The van der Waals surface area contributed by atoms with Crippen molar-refractivity contribution in [2.24, 2.45) is 0 Å². The number of nitrogens with one attached hydrogen (secondary N) is 1. The van der Waals surface area contributed by atoms with Crippen LogP contribution in [0.1, 0.15) is 19.8 Å². The van der Waals surface area contributed by atoms with Crippen molar-refractivity contribution in [3.8, 4) is 0 Å². The summed E-state index contributed by atoms with van der Waals surface area (Å²) in [6.45, 7) is 3.40. The molecular weight excluding hydrogens is 124 g/mol. The van der Waals surface area contributed by atoms with Crippen LogP contribution in [0.4, 0.5) is 0 Å². The Morgan fingerprint density at radius 2 is 2.10 bits per heavy atom. The van der Waals surface area contributed by atoms with Gasteiger partial charge in [0.15, 0.2) is 0 Å². The van der Waals surface area contributed by atoms with Gasteiger partial charge in [0.05, 0.1) is 0 Å². The number of hydrogen-bond acceptors (Lipinski definition) is 2. The summed E-state index contributed by atoms with van der Waals surface area (Å²) in [6, 6.07) is 1.50. The molecule has 1 aliphatic rings. The van der Waals surface area contributed by atoms with Gasteiger partial charge in [-0.15, -0.1) is 0 Å². The molecule has 1 aliphatic carbocycles. The van der Waals surface area contributed by atoms with Crippen molar-refractivity contribution in [2.45, 2.75) is 31.8 Å². The zero-order chi connectivity index (χ0) is 7.56. The molecule has 0 heterocycles. The van der Waals surface area contributed by atoms with Crippen LogP contribution in [0.2, 0.25) is 0 Å². The zero-order valence-electron chi connectivity index (χ0n) is 7.22. The minimum absolute atomic E-state index is 0.655. The summed E-state index contributed by atoms with van der Waals surface area (Å²) in [5.41, 5.74) is 0. The van der Waals surface area contributed by atoms with E-state index in [1.165, 1.54) is 12.8 Å². The summed E-state index contributed by atoms with van der Waals surface area (Å²) in [4.78, 5) is 2.22. The van der Waals surface area contributed by atoms with E-state index in [1.807, 2.05) is 0 Å². The summed E-state index contributed by atoms with van der Waals surface area (Å²) in [6.07, 6.45) is 2.77. The summed E-state index contributed by atoms with van der Waals surface area (Å²) in [7, 11) is 4.23. The first-order valence-electron chi connectivity index (χ1n) is 4.09. The van der Waals surface area contributed by atoms with Crippen molar-refractivity contribution in [3.05, 3.63) is 0 Å². The lowest BCUT2D eigenvalue weighted by Crippen LogP contribution is -2.36. The second-order valence-electron chi connectivity index (χ2n) is 3.60. The Morgan fingerprint density at radius 1 is 1.50 bits per heavy atom. The smallest absolute Gasteiger partial charge is 0.0169 e. The highest BCUT2D eigenvalue weighted by Crippen LogP contribution is 2.19. The van der Waals surface area contributed by atoms with Gasteiger partial charge in [0.1, 0.15) is 0 Å². The van der Waals surface area contributed by atoms with Gasteiger partial charge >= 0.3 is 0 Å². The van der Waals surface area contributed by atoms with Crippen LogP contribution in [0, 0.1) is 0 Å². The third kappa shape index (κ3) is 3.18. The summed E-state index contributed by atoms with van der Waals surface area (Å²) >= 11 is 0. The van der Waals surface area contributed by atoms with Crippen LogP contribution in [0.3, 0.4) is 0 Å². The van der Waals surface area contributed by atoms with Gasteiger partial charge in [-0.3, -0.25) is 0 Å². The van der Waals surface area contributed by atoms with Crippen LogP contribution < -0.4 is 5.32 Å². The molecule has 10 heavy (non-hydrogen) atoms. The van der Waals surface area contributed by atoms with Crippen LogP contribution in [-0.2, 0) is 0 Å². The van der Waals surface area contributed by atoms with Crippen LogP contribution >= 0.6 is 0 Å². The molecule has 2 nitrogen and oxygen atoms in total. The summed E-state index contributed by atoms with van der Waals surface area (Å²) in [5.74, 6) is 0. The van der Waals surface area contributed by atoms with Crippen molar-refractivity contribution in [1.82, 2.24) is 10.2 Å². The molecular formula is C8H18N2. The molecule has 1 saturated carbocycles. The van der Waals surface area contributed by atoms with E-state index in [1.54, 1.807) is 0 Å². The Hall–Kier alpha value is -0.0800. The average molecular weight is 142 g/mol. The monoisotopic (exact) mass is 142 g/mol. The number of likely N-dealkylation sites (N-methyl/N-ethyl adjacent to an activating group) is 1. The second kappa shape index (κ2) is 3.35. The van der Waals surface area contributed by atoms with Gasteiger partial charge in [0.25, 0.3) is 0 Å². The Morgan fingerprint density at radius 3 is 2.50 bits per heavy atom. The predicted octanol–water partition coefficient (Wildman–Crippen LogP) is 0.688. The van der Waals surface area contributed by atoms with Gasteiger partial charge < -0.3 is 10.2 Å². The molecule has 1 fully saturated rings. The maximum Gasteiger partial charge on any atom is 0.0169 e. The number of rotatable bonds is 4.